The first kappa shape index (κ1) is 15.8. The summed E-state index contributed by atoms with van der Waals surface area (Å²) in [6.45, 7) is 6.39. The molecule has 0 aromatic heterocycles. The van der Waals surface area contributed by atoms with Crippen LogP contribution in [-0.2, 0) is 0 Å². The molecule has 1 saturated carbocycles. The number of rotatable bonds is 6. The van der Waals surface area contributed by atoms with Gasteiger partial charge in [-0.1, -0.05) is 12.1 Å². The van der Waals surface area contributed by atoms with Crippen molar-refractivity contribution >= 4 is 11.9 Å². The summed E-state index contributed by atoms with van der Waals surface area (Å²) >= 11 is 0. The second-order valence-electron chi connectivity index (χ2n) is 5.66. The summed E-state index contributed by atoms with van der Waals surface area (Å²) in [6.07, 6.45) is 5.52. The van der Waals surface area contributed by atoms with Gasteiger partial charge in [-0.3, -0.25) is 0 Å². The zero-order chi connectivity index (χ0) is 15.1. The maximum atomic E-state index is 9.47. The minimum Gasteiger partial charge on any atom is -0.393 e. The van der Waals surface area contributed by atoms with Crippen molar-refractivity contribution in [2.75, 3.05) is 18.0 Å². The lowest BCUT2D eigenvalue weighted by Crippen LogP contribution is -2.31. The van der Waals surface area contributed by atoms with Crippen LogP contribution in [0.2, 0.25) is 0 Å². The van der Waals surface area contributed by atoms with E-state index in [0.717, 1.165) is 44.3 Å². The Morgan fingerprint density at radius 3 is 2.33 bits per heavy atom. The largest absolute Gasteiger partial charge is 0.393 e. The Labute approximate surface area is 127 Å². The van der Waals surface area contributed by atoms with Crippen LogP contribution < -0.4 is 10.3 Å². The van der Waals surface area contributed by atoms with Gasteiger partial charge in [-0.2, -0.15) is 5.10 Å². The van der Waals surface area contributed by atoms with E-state index in [2.05, 4.69) is 53.5 Å². The van der Waals surface area contributed by atoms with Crippen LogP contribution in [0.4, 0.5) is 5.69 Å². The molecule has 0 amide bonds. The summed E-state index contributed by atoms with van der Waals surface area (Å²) in [5.74, 6) is 0. The Kier molecular flexibility index (Phi) is 6.05. The summed E-state index contributed by atoms with van der Waals surface area (Å²) in [7, 11) is 0. The van der Waals surface area contributed by atoms with E-state index in [1.54, 1.807) is 0 Å². The maximum Gasteiger partial charge on any atom is 0.0541 e. The van der Waals surface area contributed by atoms with Gasteiger partial charge in [0, 0.05) is 24.8 Å². The number of hydrazone groups is 1. The first-order valence-corrected chi connectivity index (χ1v) is 8.04. The van der Waals surface area contributed by atoms with E-state index in [-0.39, 0.29) is 6.10 Å². The molecular formula is C17H27N3O. The van der Waals surface area contributed by atoms with Gasteiger partial charge in [0.1, 0.15) is 0 Å². The Morgan fingerprint density at radius 2 is 1.76 bits per heavy atom. The van der Waals surface area contributed by atoms with Gasteiger partial charge >= 0.3 is 0 Å². The van der Waals surface area contributed by atoms with Crippen LogP contribution in [0, 0.1) is 0 Å². The minimum absolute atomic E-state index is 0.111. The molecule has 0 unspecified atom stereocenters. The lowest BCUT2D eigenvalue weighted by atomic mass is 9.94. The summed E-state index contributed by atoms with van der Waals surface area (Å²) in [4.78, 5) is 2.33. The standard InChI is InChI=1S/C17H27N3O/c1-3-20(4-2)16-9-5-14(6-10-16)13-18-19-15-7-11-17(21)12-8-15/h5-6,9-10,13,15,17,19,21H,3-4,7-8,11-12H2,1-2H3/b18-13+. The molecule has 1 aromatic carbocycles. The first-order valence-electron chi connectivity index (χ1n) is 8.04. The Bertz CT molecular complexity index is 432. The van der Waals surface area contributed by atoms with Crippen molar-refractivity contribution in [1.82, 2.24) is 5.43 Å². The Morgan fingerprint density at radius 1 is 1.14 bits per heavy atom. The van der Waals surface area contributed by atoms with Gasteiger partial charge in [0.05, 0.1) is 12.3 Å². The maximum absolute atomic E-state index is 9.47. The van der Waals surface area contributed by atoms with Crippen molar-refractivity contribution in [3.63, 3.8) is 0 Å². The molecule has 1 fully saturated rings. The average Bonchev–Trinajstić information content (AvgIpc) is 2.52. The molecule has 0 atom stereocenters. The molecule has 0 bridgehead atoms. The van der Waals surface area contributed by atoms with Crippen LogP contribution in [-0.4, -0.2) is 36.6 Å². The molecule has 2 rings (SSSR count). The normalized spacial score (nSPS) is 22.4. The highest BCUT2D eigenvalue weighted by molar-refractivity contribution is 5.80. The fourth-order valence-electron chi connectivity index (χ4n) is 2.78. The number of nitrogens with zero attached hydrogens (tertiary/aromatic N) is 2. The van der Waals surface area contributed by atoms with Gasteiger partial charge in [0.15, 0.2) is 0 Å². The van der Waals surface area contributed by atoms with Crippen LogP contribution >= 0.6 is 0 Å². The predicted octanol–water partition coefficient (Wildman–Crippen LogP) is 2.76. The highest BCUT2D eigenvalue weighted by Crippen LogP contribution is 2.18. The minimum atomic E-state index is -0.111. The van der Waals surface area contributed by atoms with Crippen molar-refractivity contribution in [2.45, 2.75) is 51.7 Å². The molecule has 0 aliphatic heterocycles. The molecule has 0 spiro atoms. The van der Waals surface area contributed by atoms with E-state index < -0.39 is 0 Å². The van der Waals surface area contributed by atoms with Crippen LogP contribution in [0.25, 0.3) is 0 Å². The Balaban J connectivity index is 1.84. The smallest absolute Gasteiger partial charge is 0.0541 e. The molecule has 1 aliphatic carbocycles. The van der Waals surface area contributed by atoms with Gasteiger partial charge in [0.2, 0.25) is 0 Å². The van der Waals surface area contributed by atoms with Gasteiger partial charge in [-0.05, 0) is 57.2 Å². The number of aliphatic hydroxyl groups excluding tert-OH is 1. The lowest BCUT2D eigenvalue weighted by molar-refractivity contribution is 0.117. The van der Waals surface area contributed by atoms with Crippen LogP contribution in [0.1, 0.15) is 45.1 Å². The summed E-state index contributed by atoms with van der Waals surface area (Å²) < 4.78 is 0. The third-order valence-corrected chi connectivity index (χ3v) is 4.19. The second-order valence-corrected chi connectivity index (χ2v) is 5.66. The zero-order valence-corrected chi connectivity index (χ0v) is 13.1. The highest BCUT2D eigenvalue weighted by atomic mass is 16.3. The molecule has 0 heterocycles. The molecule has 116 valence electrons. The van der Waals surface area contributed by atoms with E-state index >= 15 is 0 Å². The third-order valence-electron chi connectivity index (χ3n) is 4.19. The molecule has 4 nitrogen and oxygen atoms in total. The molecule has 0 radical (unpaired) electrons. The van der Waals surface area contributed by atoms with Crippen LogP contribution in [0.5, 0.6) is 0 Å². The summed E-state index contributed by atoms with van der Waals surface area (Å²) in [5, 5.41) is 13.8. The third kappa shape index (κ3) is 4.74. The highest BCUT2D eigenvalue weighted by Gasteiger charge is 2.18. The van der Waals surface area contributed by atoms with E-state index in [1.807, 2.05) is 6.21 Å². The van der Waals surface area contributed by atoms with Gasteiger partial charge in [-0.25, -0.2) is 0 Å². The lowest BCUT2D eigenvalue weighted by Gasteiger charge is -2.24. The van der Waals surface area contributed by atoms with E-state index in [9.17, 15) is 5.11 Å². The fraction of sp³-hybridized carbons (Fsp3) is 0.588. The van der Waals surface area contributed by atoms with Crippen LogP contribution in [0.3, 0.4) is 0 Å². The first-order chi connectivity index (χ1) is 10.2. The van der Waals surface area contributed by atoms with Crippen molar-refractivity contribution in [2.24, 2.45) is 5.10 Å². The number of anilines is 1. The zero-order valence-electron chi connectivity index (χ0n) is 13.1. The average molecular weight is 289 g/mol. The molecule has 1 aromatic rings. The number of hydrogen-bond acceptors (Lipinski definition) is 4. The van der Waals surface area contributed by atoms with E-state index in [0.29, 0.717) is 6.04 Å². The quantitative estimate of drug-likeness (QED) is 0.625. The number of nitrogens with one attached hydrogen (secondary N) is 1. The van der Waals surface area contributed by atoms with Crippen molar-refractivity contribution in [3.8, 4) is 0 Å². The van der Waals surface area contributed by atoms with Crippen LogP contribution in [0.15, 0.2) is 29.4 Å². The molecular weight excluding hydrogens is 262 g/mol. The van der Waals surface area contributed by atoms with Gasteiger partial charge in [-0.15, -0.1) is 0 Å². The number of aliphatic hydroxyl groups is 1. The van der Waals surface area contributed by atoms with E-state index in [4.69, 9.17) is 0 Å². The van der Waals surface area contributed by atoms with Gasteiger partial charge in [0.25, 0.3) is 0 Å². The second kappa shape index (κ2) is 8.03. The van der Waals surface area contributed by atoms with Gasteiger partial charge < -0.3 is 15.4 Å². The SMILES string of the molecule is CCN(CC)c1ccc(/C=N/NC2CCC(O)CC2)cc1. The molecule has 21 heavy (non-hydrogen) atoms. The molecule has 2 N–H and O–H groups in total. The number of benzene rings is 1. The van der Waals surface area contributed by atoms with E-state index in [1.165, 1.54) is 5.69 Å². The fourth-order valence-corrected chi connectivity index (χ4v) is 2.78. The molecule has 1 aliphatic rings. The van der Waals surface area contributed by atoms with Crippen molar-refractivity contribution < 1.29 is 5.11 Å². The topological polar surface area (TPSA) is 47.9 Å². The van der Waals surface area contributed by atoms with Crippen molar-refractivity contribution in [1.29, 1.82) is 0 Å². The Hall–Kier alpha value is -1.55. The molecule has 4 heteroatoms. The monoisotopic (exact) mass is 289 g/mol. The number of hydrogen-bond donors (Lipinski definition) is 2. The van der Waals surface area contributed by atoms with Crippen molar-refractivity contribution in [3.05, 3.63) is 29.8 Å². The summed E-state index contributed by atoms with van der Waals surface area (Å²) in [6, 6.07) is 8.89. The molecule has 0 saturated heterocycles. The predicted molar refractivity (Wildman–Crippen MR) is 89.0 cm³/mol. The summed E-state index contributed by atoms with van der Waals surface area (Å²) in [5.41, 5.74) is 5.56.